The van der Waals surface area contributed by atoms with E-state index in [1.807, 2.05) is 29.0 Å². The summed E-state index contributed by atoms with van der Waals surface area (Å²) in [5.41, 5.74) is 3.67. The molecular formula is C31H34N3O2-. The average Bonchev–Trinajstić information content (AvgIpc) is 3.37. The van der Waals surface area contributed by atoms with Crippen molar-refractivity contribution >= 4 is 5.97 Å². The van der Waals surface area contributed by atoms with Crippen LogP contribution in [0, 0.1) is 5.92 Å². The summed E-state index contributed by atoms with van der Waals surface area (Å²) < 4.78 is 2.01. The number of aromatic nitrogens is 2. The van der Waals surface area contributed by atoms with Crippen molar-refractivity contribution in [3.63, 3.8) is 0 Å². The van der Waals surface area contributed by atoms with Gasteiger partial charge in [0, 0.05) is 24.6 Å². The summed E-state index contributed by atoms with van der Waals surface area (Å²) in [6.45, 7) is 3.64. The maximum atomic E-state index is 11.9. The average molecular weight is 481 g/mol. The number of hydrogen-bond acceptors (Lipinski definition) is 4. The Morgan fingerprint density at radius 1 is 0.917 bits per heavy atom. The Morgan fingerprint density at radius 2 is 1.44 bits per heavy atom. The summed E-state index contributed by atoms with van der Waals surface area (Å²) in [5, 5.41) is 15.8. The second-order valence-electron chi connectivity index (χ2n) is 9.24. The zero-order valence-electron chi connectivity index (χ0n) is 20.8. The number of aryl methyl sites for hydroxylation is 1. The second kappa shape index (κ2) is 12.3. The molecule has 4 rings (SSSR count). The minimum Gasteiger partial charge on any atom is -0.550 e. The number of hydrogen-bond donors (Lipinski definition) is 1. The normalized spacial score (nSPS) is 12.4. The van der Waals surface area contributed by atoms with E-state index in [9.17, 15) is 9.90 Å². The van der Waals surface area contributed by atoms with Crippen LogP contribution in [0.1, 0.15) is 48.6 Å². The van der Waals surface area contributed by atoms with E-state index in [1.165, 1.54) is 0 Å². The van der Waals surface area contributed by atoms with E-state index in [0.717, 1.165) is 35.3 Å². The zero-order chi connectivity index (χ0) is 25.2. The third kappa shape index (κ3) is 5.92. The van der Waals surface area contributed by atoms with Crippen molar-refractivity contribution in [1.82, 2.24) is 14.9 Å². The van der Waals surface area contributed by atoms with Gasteiger partial charge in [0.15, 0.2) is 0 Å². The molecule has 0 aliphatic rings. The van der Waals surface area contributed by atoms with Crippen LogP contribution >= 0.6 is 0 Å². The van der Waals surface area contributed by atoms with Crippen molar-refractivity contribution in [1.29, 1.82) is 0 Å². The van der Waals surface area contributed by atoms with Crippen molar-refractivity contribution < 1.29 is 9.90 Å². The van der Waals surface area contributed by atoms with E-state index >= 15 is 0 Å². The van der Waals surface area contributed by atoms with Gasteiger partial charge in [-0.1, -0.05) is 97.9 Å². The van der Waals surface area contributed by atoms with E-state index in [0.29, 0.717) is 25.8 Å². The molecule has 1 N–H and O–H groups in total. The van der Waals surface area contributed by atoms with E-state index < -0.39 is 17.4 Å². The zero-order valence-corrected chi connectivity index (χ0v) is 20.8. The lowest BCUT2D eigenvalue weighted by molar-refractivity contribution is -0.311. The SMILES string of the molecule is CCCn1cnc(CC(CCCNC(c2ccccc2)(c2ccccc2)c2ccccc2)C(=O)[O-])c1. The van der Waals surface area contributed by atoms with Crippen LogP contribution in [0.3, 0.4) is 0 Å². The quantitative estimate of drug-likeness (QED) is 0.225. The lowest BCUT2D eigenvalue weighted by Crippen LogP contribution is -2.45. The minimum atomic E-state index is -1.01. The highest BCUT2D eigenvalue weighted by Gasteiger charge is 2.35. The van der Waals surface area contributed by atoms with Gasteiger partial charge in [0.25, 0.3) is 0 Å². The fourth-order valence-electron chi connectivity index (χ4n) is 4.94. The molecule has 3 aromatic carbocycles. The topological polar surface area (TPSA) is 70.0 Å². The van der Waals surface area contributed by atoms with Gasteiger partial charge in [0.2, 0.25) is 0 Å². The molecule has 5 nitrogen and oxygen atoms in total. The van der Waals surface area contributed by atoms with Crippen molar-refractivity contribution in [2.75, 3.05) is 6.54 Å². The smallest absolute Gasteiger partial charge is 0.0949 e. The van der Waals surface area contributed by atoms with Gasteiger partial charge >= 0.3 is 0 Å². The fourth-order valence-corrected chi connectivity index (χ4v) is 4.94. The van der Waals surface area contributed by atoms with Gasteiger partial charge in [-0.3, -0.25) is 5.32 Å². The largest absolute Gasteiger partial charge is 0.550 e. The van der Waals surface area contributed by atoms with Gasteiger partial charge < -0.3 is 14.5 Å². The Labute approximate surface area is 213 Å². The molecule has 1 unspecified atom stereocenters. The van der Waals surface area contributed by atoms with Gasteiger partial charge in [-0.05, 0) is 48.9 Å². The summed E-state index contributed by atoms with van der Waals surface area (Å²) in [7, 11) is 0. The molecule has 0 bridgehead atoms. The molecule has 0 radical (unpaired) electrons. The minimum absolute atomic E-state index is 0.389. The second-order valence-corrected chi connectivity index (χ2v) is 9.24. The summed E-state index contributed by atoms with van der Waals surface area (Å²) >= 11 is 0. The van der Waals surface area contributed by atoms with Crippen molar-refractivity contribution in [2.45, 2.75) is 44.7 Å². The Morgan fingerprint density at radius 3 is 1.92 bits per heavy atom. The molecular weight excluding hydrogens is 446 g/mol. The Balaban J connectivity index is 1.54. The predicted octanol–water partition coefficient (Wildman–Crippen LogP) is 4.56. The molecule has 0 aliphatic heterocycles. The maximum absolute atomic E-state index is 11.9. The van der Waals surface area contributed by atoms with Gasteiger partial charge in [0.05, 0.1) is 17.6 Å². The Bertz CT molecular complexity index is 1110. The van der Waals surface area contributed by atoms with Crippen LogP contribution in [0.5, 0.6) is 0 Å². The van der Waals surface area contributed by atoms with E-state index in [-0.39, 0.29) is 0 Å². The molecule has 4 aromatic rings. The molecule has 0 saturated carbocycles. The number of carbonyl (C=O) groups is 1. The fraction of sp³-hybridized carbons (Fsp3) is 0.290. The highest BCUT2D eigenvalue weighted by molar-refractivity contribution is 5.67. The first-order chi connectivity index (χ1) is 17.6. The monoisotopic (exact) mass is 480 g/mol. The molecule has 186 valence electrons. The number of rotatable bonds is 13. The number of imidazole rings is 1. The van der Waals surface area contributed by atoms with Crippen LogP contribution in [0.4, 0.5) is 0 Å². The van der Waals surface area contributed by atoms with Crippen molar-refractivity contribution in [3.05, 3.63) is 126 Å². The molecule has 0 aliphatic carbocycles. The number of carbonyl (C=O) groups excluding carboxylic acids is 1. The molecule has 0 saturated heterocycles. The standard InChI is InChI=1S/C31H35N3O2/c1-2-21-34-23-29(32-24-34)22-25(30(35)36)13-12-20-33-31(26-14-6-3-7-15-26,27-16-8-4-9-17-27)28-18-10-5-11-19-28/h3-11,14-19,23-25,33H,2,12-13,20-22H2,1H3,(H,35,36)/p-1. The predicted molar refractivity (Wildman–Crippen MR) is 141 cm³/mol. The van der Waals surface area contributed by atoms with E-state index in [2.05, 4.69) is 90.0 Å². The van der Waals surface area contributed by atoms with Crippen LogP contribution in [-0.4, -0.2) is 22.1 Å². The van der Waals surface area contributed by atoms with Crippen molar-refractivity contribution in [2.24, 2.45) is 5.92 Å². The molecule has 36 heavy (non-hydrogen) atoms. The van der Waals surface area contributed by atoms with E-state index in [1.54, 1.807) is 6.33 Å². The third-order valence-corrected chi connectivity index (χ3v) is 6.70. The first-order valence-electron chi connectivity index (χ1n) is 12.8. The van der Waals surface area contributed by atoms with E-state index in [4.69, 9.17) is 0 Å². The number of aliphatic carboxylic acids is 1. The number of nitrogens with zero attached hydrogens (tertiary/aromatic N) is 2. The molecule has 1 aromatic heterocycles. The summed E-state index contributed by atoms with van der Waals surface area (Å²) in [5.74, 6) is -1.59. The van der Waals surface area contributed by atoms with Gasteiger partial charge in [-0.2, -0.15) is 0 Å². The van der Waals surface area contributed by atoms with Gasteiger partial charge in [-0.25, -0.2) is 4.98 Å². The van der Waals surface area contributed by atoms with Gasteiger partial charge in [0.1, 0.15) is 0 Å². The number of carboxylic acid groups (broad SMARTS) is 1. The third-order valence-electron chi connectivity index (χ3n) is 6.70. The van der Waals surface area contributed by atoms with Crippen LogP contribution < -0.4 is 10.4 Å². The molecule has 0 fully saturated rings. The lowest BCUT2D eigenvalue weighted by Gasteiger charge is -2.37. The summed E-state index contributed by atoms with van der Waals surface area (Å²) in [6, 6.07) is 31.3. The molecule has 1 heterocycles. The Kier molecular flexibility index (Phi) is 8.69. The highest BCUT2D eigenvalue weighted by atomic mass is 16.4. The molecule has 0 amide bonds. The highest BCUT2D eigenvalue weighted by Crippen LogP contribution is 2.36. The summed E-state index contributed by atoms with van der Waals surface area (Å²) in [4.78, 5) is 16.3. The van der Waals surface area contributed by atoms with Crippen LogP contribution in [0.25, 0.3) is 0 Å². The molecule has 0 spiro atoms. The van der Waals surface area contributed by atoms with Gasteiger partial charge in [-0.15, -0.1) is 0 Å². The summed E-state index contributed by atoms with van der Waals surface area (Å²) in [6.07, 6.45) is 6.34. The number of carboxylic acids is 1. The first kappa shape index (κ1) is 25.4. The van der Waals surface area contributed by atoms with Crippen LogP contribution in [0.15, 0.2) is 104 Å². The molecule has 5 heteroatoms. The lowest BCUT2D eigenvalue weighted by atomic mass is 9.77. The number of nitrogens with one attached hydrogen (secondary N) is 1. The molecule has 1 atom stereocenters. The first-order valence-corrected chi connectivity index (χ1v) is 12.8. The van der Waals surface area contributed by atoms with Crippen LogP contribution in [-0.2, 0) is 23.3 Å². The van der Waals surface area contributed by atoms with Crippen molar-refractivity contribution in [3.8, 4) is 0 Å². The maximum Gasteiger partial charge on any atom is 0.0949 e. The number of benzene rings is 3. The van der Waals surface area contributed by atoms with Crippen LogP contribution in [0.2, 0.25) is 0 Å². The Hall–Kier alpha value is -3.70.